The molecule has 0 radical (unpaired) electrons. The first-order chi connectivity index (χ1) is 14.9. The maximum Gasteiger partial charge on any atom is 2.00 e. The fourth-order valence-corrected chi connectivity index (χ4v) is 5.90. The molecule has 0 nitrogen and oxygen atoms in total. The van der Waals surface area contributed by atoms with Crippen molar-refractivity contribution in [2.75, 3.05) is 0 Å². The van der Waals surface area contributed by atoms with Crippen LogP contribution in [0, 0.1) is 0 Å². The Balaban J connectivity index is 0.00000185. The Morgan fingerprint density at radius 3 is 1.42 bits per heavy atom. The normalized spacial score (nSPS) is 13.7. The minimum Gasteiger partial charge on any atom is -0.149 e. The molecule has 1 heteroatoms. The molecule has 0 heterocycles. The van der Waals surface area contributed by atoms with Gasteiger partial charge in [0.1, 0.15) is 0 Å². The fourth-order valence-electron chi connectivity index (χ4n) is 5.90. The van der Waals surface area contributed by atoms with Crippen LogP contribution in [-0.4, -0.2) is 0 Å². The summed E-state index contributed by atoms with van der Waals surface area (Å²) in [6.07, 6.45) is 4.53. The quantitative estimate of drug-likeness (QED) is 0.199. The van der Waals surface area contributed by atoms with E-state index < -0.39 is 0 Å². The van der Waals surface area contributed by atoms with E-state index in [9.17, 15) is 0 Å². The molecule has 0 saturated heterocycles. The Hall–Kier alpha value is -2.50. The van der Waals surface area contributed by atoms with Gasteiger partial charge in [-0.05, 0) is 10.8 Å². The van der Waals surface area contributed by atoms with E-state index in [0.717, 1.165) is 25.7 Å². The minimum atomic E-state index is 0. The molecule has 6 aromatic rings. The second-order valence-electron chi connectivity index (χ2n) is 8.80. The van der Waals surface area contributed by atoms with Crippen LogP contribution in [0.3, 0.4) is 0 Å². The van der Waals surface area contributed by atoms with Gasteiger partial charge in [0.05, 0.1) is 0 Å². The molecule has 1 aliphatic carbocycles. The van der Waals surface area contributed by atoms with Crippen LogP contribution in [0.2, 0.25) is 0 Å². The molecule has 6 aromatic carbocycles. The number of aryl methyl sites for hydroxylation is 4. The predicted octanol–water partition coefficient (Wildman–Crippen LogP) is 7.62. The van der Waals surface area contributed by atoms with Crippen LogP contribution in [0.15, 0.2) is 84.9 Å². The molecule has 0 spiro atoms. The molecule has 0 bridgehead atoms. The molecular weight excluding hydrogens is 452 g/mol. The zero-order chi connectivity index (χ0) is 19.7. The second-order valence-corrected chi connectivity index (χ2v) is 8.80. The van der Waals surface area contributed by atoms with E-state index >= 15 is 0 Å². The number of rotatable bonds is 0. The van der Waals surface area contributed by atoms with Gasteiger partial charge in [0.2, 0.25) is 0 Å². The van der Waals surface area contributed by atoms with Crippen molar-refractivity contribution in [3.63, 3.8) is 0 Å². The first-order valence-electron chi connectivity index (χ1n) is 11.0. The van der Waals surface area contributed by atoms with E-state index in [4.69, 9.17) is 0 Å². The number of hydrogen-bond donors (Lipinski definition) is 0. The van der Waals surface area contributed by atoms with Crippen molar-refractivity contribution in [3.8, 4) is 0 Å². The van der Waals surface area contributed by atoms with Crippen LogP contribution in [0.1, 0.15) is 22.3 Å². The molecule has 0 saturated carbocycles. The van der Waals surface area contributed by atoms with E-state index in [2.05, 4.69) is 84.9 Å². The van der Waals surface area contributed by atoms with Gasteiger partial charge in [-0.3, -0.25) is 0 Å². The molecular formula is C30H22Zr. The summed E-state index contributed by atoms with van der Waals surface area (Å²) in [5.74, 6) is 0. The molecule has 0 fully saturated rings. The van der Waals surface area contributed by atoms with Crippen molar-refractivity contribution < 1.29 is 26.2 Å². The molecule has 7 rings (SSSR count). The van der Waals surface area contributed by atoms with Gasteiger partial charge in [-0.1, -0.05) is 97.1 Å². The molecule has 146 valence electrons. The molecule has 31 heavy (non-hydrogen) atoms. The third-order valence-corrected chi connectivity index (χ3v) is 7.25. The van der Waals surface area contributed by atoms with E-state index in [1.807, 2.05) is 0 Å². The maximum absolute atomic E-state index is 2.46. The third kappa shape index (κ3) is 2.83. The number of hydrogen-bond acceptors (Lipinski definition) is 0. The molecule has 0 N–H and O–H groups in total. The fraction of sp³-hybridized carbons (Fsp3) is 0.133. The van der Waals surface area contributed by atoms with Crippen molar-refractivity contribution >= 4 is 43.1 Å². The second kappa shape index (κ2) is 7.28. The maximum atomic E-state index is 2.46. The zero-order valence-corrected chi connectivity index (χ0v) is 19.9. The van der Waals surface area contributed by atoms with Gasteiger partial charge < -0.3 is 0 Å². The summed E-state index contributed by atoms with van der Waals surface area (Å²) in [5, 5.41) is 11.3. The Kier molecular flexibility index (Phi) is 4.51. The smallest absolute Gasteiger partial charge is 0.149 e. The Morgan fingerprint density at radius 2 is 0.935 bits per heavy atom. The molecule has 0 aromatic heterocycles. The van der Waals surface area contributed by atoms with Crippen molar-refractivity contribution in [1.82, 2.24) is 0 Å². The summed E-state index contributed by atoms with van der Waals surface area (Å²) >= 11 is 0. The average molecular weight is 474 g/mol. The summed E-state index contributed by atoms with van der Waals surface area (Å²) in [6.45, 7) is 0. The van der Waals surface area contributed by atoms with E-state index in [1.165, 1.54) is 43.1 Å². The number of fused-ring (bicyclic) bond motifs is 10. The van der Waals surface area contributed by atoms with Gasteiger partial charge in [0, 0.05) is 0 Å². The van der Waals surface area contributed by atoms with Crippen LogP contribution in [0.25, 0.3) is 43.1 Å². The molecule has 0 unspecified atom stereocenters. The summed E-state index contributed by atoms with van der Waals surface area (Å²) < 4.78 is 0. The molecule has 0 atom stereocenters. The van der Waals surface area contributed by atoms with Crippen LogP contribution in [0.4, 0.5) is 0 Å². The van der Waals surface area contributed by atoms with E-state index in [0.29, 0.717) is 0 Å². The van der Waals surface area contributed by atoms with E-state index in [-0.39, 0.29) is 26.2 Å². The topological polar surface area (TPSA) is 0 Å². The van der Waals surface area contributed by atoms with Crippen LogP contribution in [0.5, 0.6) is 0 Å². The van der Waals surface area contributed by atoms with Crippen molar-refractivity contribution in [2.24, 2.45) is 0 Å². The standard InChI is InChI=1S/C30H22.Zr/c1-3-7-25-19(5-1)9-11-23-17-21-14-16-28-22(13-15-27(21)29(23)25)18-24-12-10-20-6-2-4-8-26(20)30(24)28;/h1-12,17-18H,13-16H2;/q-2;+2. The van der Waals surface area contributed by atoms with Crippen LogP contribution < -0.4 is 0 Å². The minimum absolute atomic E-state index is 0. The Bertz CT molecular complexity index is 1470. The average Bonchev–Trinajstić information content (AvgIpc) is 3.31. The van der Waals surface area contributed by atoms with Crippen molar-refractivity contribution in [3.05, 3.63) is 107 Å². The SMILES string of the molecule is [Zr+2].c1ccc2c(c1)ccc1[cH-]c3c(c12)CCc1[cH-]c2ccc4ccccc4c2c1CC3. The van der Waals surface area contributed by atoms with Crippen molar-refractivity contribution in [1.29, 1.82) is 0 Å². The van der Waals surface area contributed by atoms with Crippen molar-refractivity contribution in [2.45, 2.75) is 25.7 Å². The van der Waals surface area contributed by atoms with Gasteiger partial charge in [-0.25, -0.2) is 0 Å². The molecule has 0 aliphatic heterocycles. The van der Waals surface area contributed by atoms with E-state index in [1.54, 1.807) is 22.3 Å². The summed E-state index contributed by atoms with van der Waals surface area (Å²) in [6, 6.07) is 31.8. The Labute approximate surface area is 201 Å². The van der Waals surface area contributed by atoms with Crippen LogP contribution in [-0.2, 0) is 51.9 Å². The van der Waals surface area contributed by atoms with Gasteiger partial charge in [-0.15, -0.1) is 68.1 Å². The van der Waals surface area contributed by atoms with Gasteiger partial charge in [-0.2, -0.15) is 0 Å². The largest absolute Gasteiger partial charge is 2.00 e. The van der Waals surface area contributed by atoms with Gasteiger partial charge in [0.25, 0.3) is 0 Å². The predicted molar refractivity (Wildman–Crippen MR) is 129 cm³/mol. The number of benzene rings is 4. The molecule has 1 aliphatic rings. The zero-order valence-electron chi connectivity index (χ0n) is 17.4. The third-order valence-electron chi connectivity index (χ3n) is 7.25. The Morgan fingerprint density at radius 1 is 0.484 bits per heavy atom. The van der Waals surface area contributed by atoms with Crippen LogP contribution >= 0.6 is 0 Å². The summed E-state index contributed by atoms with van der Waals surface area (Å²) in [4.78, 5) is 0. The summed E-state index contributed by atoms with van der Waals surface area (Å²) in [5.41, 5.74) is 6.29. The monoisotopic (exact) mass is 472 g/mol. The first kappa shape index (κ1) is 19.2. The first-order valence-corrected chi connectivity index (χ1v) is 11.0. The summed E-state index contributed by atoms with van der Waals surface area (Å²) in [7, 11) is 0. The van der Waals surface area contributed by atoms with Gasteiger partial charge in [0.15, 0.2) is 0 Å². The molecule has 0 amide bonds. The van der Waals surface area contributed by atoms with Gasteiger partial charge >= 0.3 is 26.2 Å².